The highest BCUT2D eigenvalue weighted by Crippen LogP contribution is 2.46. The van der Waals surface area contributed by atoms with Crippen LogP contribution in [0.3, 0.4) is 0 Å². The molecule has 0 aromatic rings. The average molecular weight is 387 g/mol. The highest BCUT2D eigenvalue weighted by Gasteiger charge is 2.34. The van der Waals surface area contributed by atoms with Crippen LogP contribution in [0.1, 0.15) is 124 Å². The van der Waals surface area contributed by atoms with Gasteiger partial charge in [0.15, 0.2) is 0 Å². The predicted molar refractivity (Wildman–Crippen MR) is 122 cm³/mol. The molecule has 28 heavy (non-hydrogen) atoms. The summed E-state index contributed by atoms with van der Waals surface area (Å²) in [5.74, 6) is 9.56. The van der Waals surface area contributed by atoms with E-state index in [1.807, 2.05) is 0 Å². The van der Waals surface area contributed by atoms with Gasteiger partial charge < -0.3 is 0 Å². The van der Waals surface area contributed by atoms with Crippen LogP contribution in [0.4, 0.5) is 0 Å². The minimum atomic E-state index is 0.985. The van der Waals surface area contributed by atoms with Crippen LogP contribution in [0, 0.1) is 53.3 Å². The molecule has 0 spiro atoms. The summed E-state index contributed by atoms with van der Waals surface area (Å²) in [6, 6.07) is 0. The van der Waals surface area contributed by atoms with Crippen molar-refractivity contribution in [1.29, 1.82) is 0 Å². The third-order valence-electron chi connectivity index (χ3n) is 10.5. The van der Waals surface area contributed by atoms with Crippen LogP contribution < -0.4 is 0 Å². The van der Waals surface area contributed by atoms with Gasteiger partial charge in [0.2, 0.25) is 0 Å². The third-order valence-corrected chi connectivity index (χ3v) is 10.5. The molecule has 0 N–H and O–H groups in total. The number of hydrogen-bond donors (Lipinski definition) is 0. The van der Waals surface area contributed by atoms with Crippen molar-refractivity contribution in [1.82, 2.24) is 0 Å². The molecule has 0 amide bonds. The van der Waals surface area contributed by atoms with Gasteiger partial charge in [-0.1, -0.05) is 65.7 Å². The van der Waals surface area contributed by atoms with E-state index >= 15 is 0 Å². The minimum Gasteiger partial charge on any atom is -0.0625 e. The van der Waals surface area contributed by atoms with Gasteiger partial charge in [0.1, 0.15) is 0 Å². The highest BCUT2D eigenvalue weighted by molar-refractivity contribution is 4.86. The van der Waals surface area contributed by atoms with Gasteiger partial charge in [0.05, 0.1) is 0 Å². The highest BCUT2D eigenvalue weighted by atomic mass is 14.4. The summed E-state index contributed by atoms with van der Waals surface area (Å²) < 4.78 is 0. The van der Waals surface area contributed by atoms with Crippen molar-refractivity contribution in [3.8, 4) is 0 Å². The molecule has 4 rings (SSSR count). The Morgan fingerprint density at radius 3 is 1.36 bits per heavy atom. The minimum absolute atomic E-state index is 0.985. The van der Waals surface area contributed by atoms with Gasteiger partial charge in [-0.05, 0) is 111 Å². The first kappa shape index (κ1) is 21.2. The molecule has 0 heterocycles. The van der Waals surface area contributed by atoms with Crippen LogP contribution in [0.25, 0.3) is 0 Å². The molecule has 0 radical (unpaired) electrons. The molecule has 0 bridgehead atoms. The Balaban J connectivity index is 1.14. The molecule has 3 atom stereocenters. The van der Waals surface area contributed by atoms with E-state index in [1.165, 1.54) is 19.3 Å². The Morgan fingerprint density at radius 1 is 0.429 bits per heavy atom. The van der Waals surface area contributed by atoms with Crippen molar-refractivity contribution < 1.29 is 0 Å². The molecular weight excluding hydrogens is 336 g/mol. The lowest BCUT2D eigenvalue weighted by molar-refractivity contribution is 0.102. The van der Waals surface area contributed by atoms with Gasteiger partial charge in [-0.25, -0.2) is 0 Å². The standard InChI is InChI=1S/C28H50/c1-20-4-11-25(12-5-20)26-14-7-23(8-15-26)19-24-9-16-27(17-10-24)28-13-6-21(2)22(3)18-28/h20-28H,4-19H2,1-3H3. The maximum absolute atomic E-state index is 2.52. The molecule has 4 aliphatic carbocycles. The van der Waals surface area contributed by atoms with E-state index in [4.69, 9.17) is 0 Å². The second kappa shape index (κ2) is 9.87. The summed E-state index contributed by atoms with van der Waals surface area (Å²) in [4.78, 5) is 0. The van der Waals surface area contributed by atoms with Crippen molar-refractivity contribution in [3.63, 3.8) is 0 Å². The number of hydrogen-bond acceptors (Lipinski definition) is 0. The molecule has 0 nitrogen and oxygen atoms in total. The SMILES string of the molecule is CC1CCC(C2CCC(CC3CCC(C4CCC(C)C(C)C4)CC3)CC2)CC1. The summed E-state index contributed by atoms with van der Waals surface area (Å²) >= 11 is 0. The molecule has 3 unspecified atom stereocenters. The first-order chi connectivity index (χ1) is 13.6. The zero-order valence-electron chi connectivity index (χ0n) is 19.5. The molecule has 4 saturated carbocycles. The lowest BCUT2D eigenvalue weighted by Crippen LogP contribution is -2.30. The third kappa shape index (κ3) is 5.37. The monoisotopic (exact) mass is 386 g/mol. The van der Waals surface area contributed by atoms with Gasteiger partial charge in [-0.3, -0.25) is 0 Å². The normalized spacial score (nSPS) is 48.3. The van der Waals surface area contributed by atoms with Gasteiger partial charge >= 0.3 is 0 Å². The van der Waals surface area contributed by atoms with Gasteiger partial charge in [0, 0.05) is 0 Å². The van der Waals surface area contributed by atoms with Crippen molar-refractivity contribution in [3.05, 3.63) is 0 Å². The van der Waals surface area contributed by atoms with Crippen LogP contribution in [0.2, 0.25) is 0 Å². The van der Waals surface area contributed by atoms with E-state index < -0.39 is 0 Å². The Kier molecular flexibility index (Phi) is 7.49. The average Bonchev–Trinajstić information content (AvgIpc) is 2.72. The molecule has 0 heteroatoms. The van der Waals surface area contributed by atoms with E-state index in [9.17, 15) is 0 Å². The lowest BCUT2D eigenvalue weighted by Gasteiger charge is -2.41. The summed E-state index contributed by atoms with van der Waals surface area (Å²) in [5, 5.41) is 0. The Bertz CT molecular complexity index is 443. The number of rotatable bonds is 4. The van der Waals surface area contributed by atoms with Crippen LogP contribution in [-0.2, 0) is 0 Å². The molecule has 4 aliphatic rings. The van der Waals surface area contributed by atoms with Crippen molar-refractivity contribution in [2.45, 2.75) is 124 Å². The second-order valence-corrected chi connectivity index (χ2v) is 12.3. The lowest BCUT2D eigenvalue weighted by atomic mass is 9.65. The molecule has 0 aliphatic heterocycles. The Morgan fingerprint density at radius 2 is 0.857 bits per heavy atom. The molecule has 0 aromatic carbocycles. The summed E-state index contributed by atoms with van der Waals surface area (Å²) in [6.07, 6.45) is 25.0. The maximum atomic E-state index is 2.52. The summed E-state index contributed by atoms with van der Waals surface area (Å²) in [5.41, 5.74) is 0. The van der Waals surface area contributed by atoms with Crippen LogP contribution in [-0.4, -0.2) is 0 Å². The zero-order valence-corrected chi connectivity index (χ0v) is 19.5. The predicted octanol–water partition coefficient (Wildman–Crippen LogP) is 8.89. The van der Waals surface area contributed by atoms with Crippen LogP contribution >= 0.6 is 0 Å². The van der Waals surface area contributed by atoms with Crippen LogP contribution in [0.15, 0.2) is 0 Å². The van der Waals surface area contributed by atoms with E-state index in [2.05, 4.69) is 20.8 Å². The quantitative estimate of drug-likeness (QED) is 0.452. The Labute approximate surface area is 177 Å². The topological polar surface area (TPSA) is 0 Å². The van der Waals surface area contributed by atoms with Gasteiger partial charge in [-0.2, -0.15) is 0 Å². The summed E-state index contributed by atoms with van der Waals surface area (Å²) in [7, 11) is 0. The van der Waals surface area contributed by atoms with Crippen molar-refractivity contribution >= 4 is 0 Å². The van der Waals surface area contributed by atoms with E-state index in [-0.39, 0.29) is 0 Å². The molecule has 162 valence electrons. The second-order valence-electron chi connectivity index (χ2n) is 12.3. The fourth-order valence-corrected chi connectivity index (χ4v) is 8.04. The van der Waals surface area contributed by atoms with E-state index in [1.54, 1.807) is 83.5 Å². The van der Waals surface area contributed by atoms with Gasteiger partial charge in [-0.15, -0.1) is 0 Å². The molecule has 0 aromatic heterocycles. The van der Waals surface area contributed by atoms with Gasteiger partial charge in [0.25, 0.3) is 0 Å². The molecule has 4 fully saturated rings. The first-order valence-electron chi connectivity index (χ1n) is 13.6. The summed E-state index contributed by atoms with van der Waals surface area (Å²) in [6.45, 7) is 7.48. The van der Waals surface area contributed by atoms with E-state index in [0.717, 1.165) is 53.3 Å². The largest absolute Gasteiger partial charge is 0.0625 e. The van der Waals surface area contributed by atoms with Crippen molar-refractivity contribution in [2.75, 3.05) is 0 Å². The fourth-order valence-electron chi connectivity index (χ4n) is 8.04. The Hall–Kier alpha value is 0. The molecular formula is C28H50. The first-order valence-corrected chi connectivity index (χ1v) is 13.6. The van der Waals surface area contributed by atoms with Crippen molar-refractivity contribution in [2.24, 2.45) is 53.3 Å². The smallest absolute Gasteiger partial charge is 0.0383 e. The fraction of sp³-hybridized carbons (Fsp3) is 1.00. The maximum Gasteiger partial charge on any atom is -0.0383 e. The zero-order chi connectivity index (χ0) is 19.5. The van der Waals surface area contributed by atoms with E-state index in [0.29, 0.717) is 0 Å². The molecule has 0 saturated heterocycles. The van der Waals surface area contributed by atoms with Crippen LogP contribution in [0.5, 0.6) is 0 Å².